The van der Waals surface area contributed by atoms with Gasteiger partial charge in [0.05, 0.1) is 12.7 Å². The van der Waals surface area contributed by atoms with Crippen LogP contribution in [-0.4, -0.2) is 61.5 Å². The van der Waals surface area contributed by atoms with Gasteiger partial charge in [-0.3, -0.25) is 0 Å². The van der Waals surface area contributed by atoms with E-state index < -0.39 is 5.97 Å². The zero-order valence-electron chi connectivity index (χ0n) is 9.85. The van der Waals surface area contributed by atoms with Crippen molar-refractivity contribution >= 4 is 5.97 Å². The van der Waals surface area contributed by atoms with E-state index in [1.807, 2.05) is 6.92 Å². The summed E-state index contributed by atoms with van der Waals surface area (Å²) in [5.74, 6) is -0.890. The van der Waals surface area contributed by atoms with Crippen LogP contribution in [0, 0.1) is 0 Å². The zero-order chi connectivity index (χ0) is 11.8. The van der Waals surface area contributed by atoms with E-state index in [4.69, 9.17) is 14.6 Å². The Morgan fingerprint density at radius 1 is 1.44 bits per heavy atom. The Balaban J connectivity index is 2.06. The summed E-state index contributed by atoms with van der Waals surface area (Å²) >= 11 is 0. The molecule has 0 unspecified atom stereocenters. The summed E-state index contributed by atoms with van der Waals surface area (Å²) in [5.41, 5.74) is 0. The summed E-state index contributed by atoms with van der Waals surface area (Å²) in [6, 6.07) is 0. The molecule has 0 spiro atoms. The first-order chi connectivity index (χ1) is 7.72. The van der Waals surface area contributed by atoms with Crippen LogP contribution in [0.2, 0.25) is 0 Å². The molecule has 1 aliphatic rings. The summed E-state index contributed by atoms with van der Waals surface area (Å²) in [7, 11) is 0. The highest BCUT2D eigenvalue weighted by Crippen LogP contribution is 2.13. The van der Waals surface area contributed by atoms with E-state index in [1.54, 1.807) is 0 Å². The summed E-state index contributed by atoms with van der Waals surface area (Å²) in [5, 5.41) is 8.49. The van der Waals surface area contributed by atoms with E-state index in [0.717, 1.165) is 45.7 Å². The van der Waals surface area contributed by atoms with Gasteiger partial charge in [-0.15, -0.1) is 0 Å². The maximum atomic E-state index is 10.3. The van der Waals surface area contributed by atoms with Gasteiger partial charge in [0.1, 0.15) is 6.61 Å². The van der Waals surface area contributed by atoms with Gasteiger partial charge in [-0.25, -0.2) is 4.79 Å². The van der Waals surface area contributed by atoms with Crippen molar-refractivity contribution in [1.82, 2.24) is 4.90 Å². The minimum absolute atomic E-state index is 0.111. The summed E-state index contributed by atoms with van der Waals surface area (Å²) < 4.78 is 10.6. The smallest absolute Gasteiger partial charge is 0.329 e. The van der Waals surface area contributed by atoms with Crippen molar-refractivity contribution in [1.29, 1.82) is 0 Å². The third kappa shape index (κ3) is 5.44. The molecule has 0 aromatic carbocycles. The number of carboxylic acid groups (broad SMARTS) is 1. The molecular formula is C11H21NO4. The maximum absolute atomic E-state index is 10.3. The number of rotatable bonds is 7. The Morgan fingerprint density at radius 3 is 2.69 bits per heavy atom. The first-order valence-corrected chi connectivity index (χ1v) is 5.86. The quantitative estimate of drug-likeness (QED) is 0.650. The van der Waals surface area contributed by atoms with E-state index >= 15 is 0 Å². The third-order valence-corrected chi connectivity index (χ3v) is 2.73. The molecule has 0 bridgehead atoms. The standard InChI is InChI=1S/C11H21NO4/c1-2-15-8-7-12-5-3-10(4-6-12)16-9-11(13)14/h10H,2-9H2,1H3,(H,13,14). The summed E-state index contributed by atoms with van der Waals surface area (Å²) in [6.45, 7) is 6.25. The number of hydrogen-bond donors (Lipinski definition) is 1. The minimum atomic E-state index is -0.890. The number of piperidine rings is 1. The predicted octanol–water partition coefficient (Wildman–Crippen LogP) is 0.589. The van der Waals surface area contributed by atoms with Crippen molar-refractivity contribution in [3.05, 3.63) is 0 Å². The van der Waals surface area contributed by atoms with Crippen molar-refractivity contribution in [2.24, 2.45) is 0 Å². The van der Waals surface area contributed by atoms with Gasteiger partial charge >= 0.3 is 5.97 Å². The van der Waals surface area contributed by atoms with Crippen molar-refractivity contribution in [3.63, 3.8) is 0 Å². The van der Waals surface area contributed by atoms with E-state index in [0.29, 0.717) is 0 Å². The van der Waals surface area contributed by atoms with Crippen LogP contribution in [0.3, 0.4) is 0 Å². The highest BCUT2D eigenvalue weighted by molar-refractivity contribution is 5.68. The van der Waals surface area contributed by atoms with Gasteiger partial charge in [0.15, 0.2) is 0 Å². The Bertz CT molecular complexity index is 202. The van der Waals surface area contributed by atoms with Crippen LogP contribution in [0.4, 0.5) is 0 Å². The molecule has 0 aliphatic carbocycles. The molecule has 0 aromatic heterocycles. The highest BCUT2D eigenvalue weighted by atomic mass is 16.5. The van der Waals surface area contributed by atoms with Crippen molar-refractivity contribution in [2.45, 2.75) is 25.9 Å². The number of carboxylic acids is 1. The predicted molar refractivity (Wildman–Crippen MR) is 59.5 cm³/mol. The van der Waals surface area contributed by atoms with Gasteiger partial charge in [0.2, 0.25) is 0 Å². The Kier molecular flexibility index (Phi) is 6.37. The summed E-state index contributed by atoms with van der Waals surface area (Å²) in [4.78, 5) is 12.7. The molecule has 1 rings (SSSR count). The number of carbonyl (C=O) groups is 1. The molecular weight excluding hydrogens is 210 g/mol. The number of hydrogen-bond acceptors (Lipinski definition) is 4. The van der Waals surface area contributed by atoms with Crippen LogP contribution in [0.1, 0.15) is 19.8 Å². The van der Waals surface area contributed by atoms with Crippen LogP contribution in [-0.2, 0) is 14.3 Å². The number of likely N-dealkylation sites (tertiary alicyclic amines) is 1. The molecule has 0 aromatic rings. The molecule has 0 saturated carbocycles. The van der Waals surface area contributed by atoms with Gasteiger partial charge in [0, 0.05) is 26.2 Å². The van der Waals surface area contributed by atoms with E-state index in [2.05, 4.69) is 4.90 Å². The number of nitrogens with zero attached hydrogens (tertiary/aromatic N) is 1. The first kappa shape index (κ1) is 13.4. The van der Waals surface area contributed by atoms with Crippen molar-refractivity contribution in [2.75, 3.05) is 39.5 Å². The normalized spacial score (nSPS) is 18.8. The Morgan fingerprint density at radius 2 is 2.12 bits per heavy atom. The largest absolute Gasteiger partial charge is 0.480 e. The average molecular weight is 231 g/mol. The Labute approximate surface area is 96.3 Å². The van der Waals surface area contributed by atoms with Crippen LogP contribution in [0.5, 0.6) is 0 Å². The molecule has 1 saturated heterocycles. The second-order valence-corrected chi connectivity index (χ2v) is 3.94. The molecule has 94 valence electrons. The fourth-order valence-corrected chi connectivity index (χ4v) is 1.83. The van der Waals surface area contributed by atoms with Crippen LogP contribution in [0.15, 0.2) is 0 Å². The fraction of sp³-hybridized carbons (Fsp3) is 0.909. The average Bonchev–Trinajstić information content (AvgIpc) is 2.28. The van der Waals surface area contributed by atoms with Crippen LogP contribution < -0.4 is 0 Å². The molecule has 0 amide bonds. The lowest BCUT2D eigenvalue weighted by molar-refractivity contribution is -0.145. The zero-order valence-corrected chi connectivity index (χ0v) is 9.85. The molecule has 5 heteroatoms. The summed E-state index contributed by atoms with van der Waals surface area (Å²) in [6.07, 6.45) is 1.94. The van der Waals surface area contributed by atoms with E-state index in [9.17, 15) is 4.79 Å². The number of ether oxygens (including phenoxy) is 2. The molecule has 1 heterocycles. The van der Waals surface area contributed by atoms with Crippen LogP contribution in [0.25, 0.3) is 0 Å². The van der Waals surface area contributed by atoms with Gasteiger partial charge in [-0.2, -0.15) is 0 Å². The van der Waals surface area contributed by atoms with E-state index in [-0.39, 0.29) is 12.7 Å². The number of aliphatic carboxylic acids is 1. The van der Waals surface area contributed by atoms with Gasteiger partial charge in [0.25, 0.3) is 0 Å². The molecule has 0 atom stereocenters. The fourth-order valence-electron chi connectivity index (χ4n) is 1.83. The minimum Gasteiger partial charge on any atom is -0.480 e. The van der Waals surface area contributed by atoms with Gasteiger partial charge < -0.3 is 19.5 Å². The molecule has 16 heavy (non-hydrogen) atoms. The molecule has 5 nitrogen and oxygen atoms in total. The lowest BCUT2D eigenvalue weighted by atomic mass is 10.1. The second-order valence-electron chi connectivity index (χ2n) is 3.94. The highest BCUT2D eigenvalue weighted by Gasteiger charge is 2.19. The monoisotopic (exact) mass is 231 g/mol. The molecule has 1 aliphatic heterocycles. The van der Waals surface area contributed by atoms with Crippen molar-refractivity contribution < 1.29 is 19.4 Å². The van der Waals surface area contributed by atoms with Crippen LogP contribution >= 0.6 is 0 Å². The first-order valence-electron chi connectivity index (χ1n) is 5.86. The van der Waals surface area contributed by atoms with E-state index in [1.165, 1.54) is 0 Å². The molecule has 0 radical (unpaired) electrons. The lowest BCUT2D eigenvalue weighted by Crippen LogP contribution is -2.39. The third-order valence-electron chi connectivity index (χ3n) is 2.73. The molecule has 1 fully saturated rings. The topological polar surface area (TPSA) is 59.0 Å². The Hall–Kier alpha value is -0.650. The second kappa shape index (κ2) is 7.60. The maximum Gasteiger partial charge on any atom is 0.329 e. The van der Waals surface area contributed by atoms with Gasteiger partial charge in [-0.05, 0) is 19.8 Å². The lowest BCUT2D eigenvalue weighted by Gasteiger charge is -2.31. The SMILES string of the molecule is CCOCCN1CCC(OCC(=O)O)CC1. The van der Waals surface area contributed by atoms with Crippen molar-refractivity contribution in [3.8, 4) is 0 Å². The molecule has 1 N–H and O–H groups in total. The van der Waals surface area contributed by atoms with Gasteiger partial charge in [-0.1, -0.05) is 0 Å².